The summed E-state index contributed by atoms with van der Waals surface area (Å²) in [7, 11) is 0. The molecule has 150 valence electrons. The summed E-state index contributed by atoms with van der Waals surface area (Å²) in [5, 5.41) is 2.26. The molecule has 0 atom stereocenters. The van der Waals surface area contributed by atoms with Gasteiger partial charge >= 0.3 is 0 Å². The molecule has 0 saturated heterocycles. The monoisotopic (exact) mass is 466 g/mol. The molecule has 3 heteroatoms. The predicted molar refractivity (Wildman–Crippen MR) is 131 cm³/mol. The molecular formula is C28H19BrO2. The zero-order valence-corrected chi connectivity index (χ0v) is 18.3. The van der Waals surface area contributed by atoms with Crippen molar-refractivity contribution in [2.75, 3.05) is 0 Å². The van der Waals surface area contributed by atoms with Crippen molar-refractivity contribution in [2.24, 2.45) is 0 Å². The summed E-state index contributed by atoms with van der Waals surface area (Å²) in [4.78, 5) is 0. The van der Waals surface area contributed by atoms with Crippen molar-refractivity contribution >= 4 is 37.9 Å². The minimum atomic E-state index is 0.909. The van der Waals surface area contributed by atoms with Gasteiger partial charge in [0.1, 0.15) is 17.4 Å². The van der Waals surface area contributed by atoms with Crippen molar-refractivity contribution in [3.05, 3.63) is 120 Å². The molecule has 0 amide bonds. The molecular weight excluding hydrogens is 448 g/mol. The van der Waals surface area contributed by atoms with Gasteiger partial charge in [0.05, 0.1) is 10.7 Å². The van der Waals surface area contributed by atoms with E-state index in [9.17, 15) is 0 Å². The van der Waals surface area contributed by atoms with Crippen molar-refractivity contribution in [1.82, 2.24) is 0 Å². The number of fused-ring (bicyclic) bond motifs is 2. The van der Waals surface area contributed by atoms with Crippen molar-refractivity contribution < 1.29 is 8.83 Å². The minimum Gasteiger partial charge on any atom is -0.464 e. The summed E-state index contributed by atoms with van der Waals surface area (Å²) >= 11 is 3.48. The first kappa shape index (κ1) is 19.4. The Hall–Kier alpha value is -3.56. The molecule has 6 rings (SSSR count). The Morgan fingerprint density at radius 2 is 1.13 bits per heavy atom. The molecule has 0 aliphatic carbocycles. The van der Waals surface area contributed by atoms with E-state index in [1.165, 1.54) is 22.3 Å². The van der Waals surface area contributed by atoms with E-state index < -0.39 is 0 Å². The fourth-order valence-electron chi connectivity index (χ4n) is 3.59. The van der Waals surface area contributed by atoms with Crippen LogP contribution < -0.4 is 0 Å². The number of benzene rings is 4. The molecule has 0 bridgehead atoms. The molecule has 0 fully saturated rings. The smallest absolute Gasteiger partial charge is 0.135 e. The van der Waals surface area contributed by atoms with Gasteiger partial charge in [0.15, 0.2) is 0 Å². The summed E-state index contributed by atoms with van der Waals surface area (Å²) in [5.41, 5.74) is 6.74. The van der Waals surface area contributed by atoms with Crippen LogP contribution >= 0.6 is 15.9 Å². The zero-order chi connectivity index (χ0) is 21.0. The quantitative estimate of drug-likeness (QED) is 0.254. The molecule has 6 aromatic rings. The van der Waals surface area contributed by atoms with Crippen molar-refractivity contribution in [3.63, 3.8) is 0 Å². The first-order valence-electron chi connectivity index (χ1n) is 10.0. The van der Waals surface area contributed by atoms with Crippen molar-refractivity contribution in [2.45, 2.75) is 0 Å². The highest BCUT2D eigenvalue weighted by molar-refractivity contribution is 9.10. The molecule has 2 heterocycles. The van der Waals surface area contributed by atoms with Crippen LogP contribution in [-0.2, 0) is 0 Å². The first-order valence-corrected chi connectivity index (χ1v) is 10.8. The number of rotatable bonds is 2. The van der Waals surface area contributed by atoms with E-state index in [1.54, 1.807) is 12.5 Å². The molecule has 0 saturated carbocycles. The van der Waals surface area contributed by atoms with Crippen LogP contribution in [0.1, 0.15) is 0 Å². The lowest BCUT2D eigenvalue weighted by Gasteiger charge is -2.00. The van der Waals surface area contributed by atoms with Gasteiger partial charge in [-0.2, -0.15) is 0 Å². The van der Waals surface area contributed by atoms with Crippen LogP contribution in [0.25, 0.3) is 44.2 Å². The zero-order valence-electron chi connectivity index (χ0n) is 16.7. The fraction of sp³-hybridized carbons (Fsp3) is 0. The van der Waals surface area contributed by atoms with E-state index in [-0.39, 0.29) is 0 Å². The van der Waals surface area contributed by atoms with Gasteiger partial charge in [-0.25, -0.2) is 0 Å². The maximum Gasteiger partial charge on any atom is 0.135 e. The summed E-state index contributed by atoms with van der Waals surface area (Å²) in [5.74, 6) is 0. The summed E-state index contributed by atoms with van der Waals surface area (Å²) < 4.78 is 11.7. The highest BCUT2D eigenvalue weighted by Gasteiger charge is 2.05. The van der Waals surface area contributed by atoms with Gasteiger partial charge in [0.2, 0.25) is 0 Å². The van der Waals surface area contributed by atoms with Crippen molar-refractivity contribution in [1.29, 1.82) is 0 Å². The molecule has 4 aromatic carbocycles. The highest BCUT2D eigenvalue weighted by atomic mass is 79.9. The average Bonchev–Trinajstić information content (AvgIpc) is 3.46. The second-order valence-corrected chi connectivity index (χ2v) is 8.05. The largest absolute Gasteiger partial charge is 0.464 e. The van der Waals surface area contributed by atoms with Gasteiger partial charge in [0, 0.05) is 10.8 Å². The topological polar surface area (TPSA) is 26.3 Å². The van der Waals surface area contributed by atoms with Crippen LogP contribution in [-0.4, -0.2) is 0 Å². The van der Waals surface area contributed by atoms with E-state index >= 15 is 0 Å². The Kier molecular flexibility index (Phi) is 5.42. The van der Waals surface area contributed by atoms with E-state index in [0.717, 1.165) is 26.4 Å². The molecule has 0 radical (unpaired) electrons. The number of furan rings is 2. The lowest BCUT2D eigenvalue weighted by atomic mass is 10.0. The average molecular weight is 467 g/mol. The molecule has 0 aliphatic rings. The molecule has 0 unspecified atom stereocenters. The Morgan fingerprint density at radius 3 is 1.81 bits per heavy atom. The third-order valence-corrected chi connectivity index (χ3v) is 5.81. The van der Waals surface area contributed by atoms with E-state index in [4.69, 9.17) is 8.83 Å². The standard InChI is InChI=1S/C14H9BrO.C14H10O/c15-13-9-16-14-7-6-11(8-12(13)14)10-4-2-1-3-5-10;1-2-4-11(5-3-1)12-6-7-14-13(10-12)8-9-15-14/h1-9H;1-10H. The van der Waals surface area contributed by atoms with E-state index in [0.29, 0.717) is 0 Å². The van der Waals surface area contributed by atoms with Crippen LogP contribution in [0.5, 0.6) is 0 Å². The SMILES string of the molecule is Brc1coc2ccc(-c3ccccc3)cc12.c1ccc(-c2ccc3occc3c2)cc1. The lowest BCUT2D eigenvalue weighted by molar-refractivity contribution is 0.614. The summed E-state index contributed by atoms with van der Waals surface area (Å²) in [6.45, 7) is 0. The summed E-state index contributed by atoms with van der Waals surface area (Å²) in [6.07, 6.45) is 3.44. The molecule has 0 spiro atoms. The van der Waals surface area contributed by atoms with Gasteiger partial charge in [-0.05, 0) is 68.5 Å². The number of halogens is 1. The minimum absolute atomic E-state index is 0.909. The Bertz CT molecular complexity index is 1430. The molecule has 0 aliphatic heterocycles. The molecule has 2 nitrogen and oxygen atoms in total. The normalized spacial score (nSPS) is 10.7. The van der Waals surface area contributed by atoms with Crippen LogP contribution in [0.4, 0.5) is 0 Å². The van der Waals surface area contributed by atoms with Crippen LogP contribution in [0.3, 0.4) is 0 Å². The number of hydrogen-bond acceptors (Lipinski definition) is 2. The number of hydrogen-bond donors (Lipinski definition) is 0. The third-order valence-electron chi connectivity index (χ3n) is 5.19. The second kappa shape index (κ2) is 8.66. The highest BCUT2D eigenvalue weighted by Crippen LogP contribution is 2.30. The molecule has 0 N–H and O–H groups in total. The van der Waals surface area contributed by atoms with Gasteiger partial charge in [-0.3, -0.25) is 0 Å². The third kappa shape index (κ3) is 4.18. The van der Waals surface area contributed by atoms with E-state index in [1.807, 2.05) is 42.5 Å². The van der Waals surface area contributed by atoms with Crippen molar-refractivity contribution in [3.8, 4) is 22.3 Å². The maximum atomic E-state index is 5.39. The lowest BCUT2D eigenvalue weighted by Crippen LogP contribution is -1.76. The Morgan fingerprint density at radius 1 is 0.516 bits per heavy atom. The van der Waals surface area contributed by atoms with Gasteiger partial charge < -0.3 is 8.83 Å². The summed E-state index contributed by atoms with van der Waals surface area (Å²) in [6, 6.07) is 35.1. The Labute approximate surface area is 188 Å². The second-order valence-electron chi connectivity index (χ2n) is 7.20. The molecule has 2 aromatic heterocycles. The fourth-order valence-corrected chi connectivity index (χ4v) is 3.99. The van der Waals surface area contributed by atoms with Gasteiger partial charge in [-0.1, -0.05) is 72.8 Å². The predicted octanol–water partition coefficient (Wildman–Crippen LogP) is 8.96. The van der Waals surface area contributed by atoms with Crippen LogP contribution in [0.2, 0.25) is 0 Å². The molecule has 31 heavy (non-hydrogen) atoms. The van der Waals surface area contributed by atoms with Crippen LogP contribution in [0, 0.1) is 0 Å². The van der Waals surface area contributed by atoms with Gasteiger partial charge in [0.25, 0.3) is 0 Å². The first-order chi connectivity index (χ1) is 15.3. The maximum absolute atomic E-state index is 5.39. The van der Waals surface area contributed by atoms with Gasteiger partial charge in [-0.15, -0.1) is 0 Å². The Balaban J connectivity index is 0.000000132. The van der Waals surface area contributed by atoms with E-state index in [2.05, 4.69) is 76.6 Å². The van der Waals surface area contributed by atoms with Crippen LogP contribution in [0.15, 0.2) is 129 Å².